The van der Waals surface area contributed by atoms with E-state index in [4.69, 9.17) is 11.6 Å². The van der Waals surface area contributed by atoms with Crippen molar-refractivity contribution in [3.8, 4) is 11.8 Å². The third kappa shape index (κ3) is 6.14. The Bertz CT molecular complexity index is 1900. The molecule has 0 aliphatic rings. The molecule has 9 nitrogen and oxygen atoms in total. The first-order chi connectivity index (χ1) is 21.0. The van der Waals surface area contributed by atoms with Gasteiger partial charge in [0.2, 0.25) is 11.6 Å². The van der Waals surface area contributed by atoms with Crippen LogP contribution < -0.4 is 10.6 Å². The summed E-state index contributed by atoms with van der Waals surface area (Å²) in [5.41, 5.74) is 2.50. The summed E-state index contributed by atoms with van der Waals surface area (Å²) in [7, 11) is 1.25. The number of alkyl halides is 3. The van der Waals surface area contributed by atoms with E-state index in [1.165, 1.54) is 29.9 Å². The quantitative estimate of drug-likeness (QED) is 0.153. The van der Waals surface area contributed by atoms with Crippen LogP contribution in [0, 0.1) is 18.3 Å². The zero-order valence-electron chi connectivity index (χ0n) is 23.5. The van der Waals surface area contributed by atoms with Crippen LogP contribution in [0.5, 0.6) is 0 Å². The highest BCUT2D eigenvalue weighted by Crippen LogP contribution is 2.31. The molecule has 13 heteroatoms. The molecule has 0 radical (unpaired) electrons. The fourth-order valence-corrected chi connectivity index (χ4v) is 4.77. The molecule has 5 aromatic rings. The number of aryl methyl sites for hydroxylation is 2. The van der Waals surface area contributed by atoms with Gasteiger partial charge in [-0.15, -0.1) is 0 Å². The largest absolute Gasteiger partial charge is 0.449 e. The SMILES string of the molecule is Cc1ccc(C(=O)c2nn(-c3ccc(Cl)cc3)c(NCCCNC(=O)c3ccc4nc(C(F)(F)F)n(C)c4c3)c2C#N)cc1. The number of nitrogens with one attached hydrogen (secondary N) is 2. The molecule has 0 spiro atoms. The summed E-state index contributed by atoms with van der Waals surface area (Å²) >= 11 is 6.05. The Morgan fingerprint density at radius 2 is 1.68 bits per heavy atom. The van der Waals surface area contributed by atoms with Crippen molar-refractivity contribution < 1.29 is 22.8 Å². The monoisotopic (exact) mass is 619 g/mol. The maximum Gasteiger partial charge on any atom is 0.449 e. The number of anilines is 1. The highest BCUT2D eigenvalue weighted by Gasteiger charge is 2.36. The van der Waals surface area contributed by atoms with E-state index in [1.54, 1.807) is 48.5 Å². The van der Waals surface area contributed by atoms with Crippen LogP contribution in [0.4, 0.5) is 19.0 Å². The molecule has 224 valence electrons. The summed E-state index contributed by atoms with van der Waals surface area (Å²) in [4.78, 5) is 29.7. The lowest BCUT2D eigenvalue weighted by molar-refractivity contribution is -0.146. The van der Waals surface area contributed by atoms with Gasteiger partial charge in [0.1, 0.15) is 17.5 Å². The smallest absolute Gasteiger partial charge is 0.369 e. The third-order valence-corrected chi connectivity index (χ3v) is 7.18. The number of aromatic nitrogens is 4. The van der Waals surface area contributed by atoms with E-state index in [0.717, 1.165) is 10.1 Å². The average Bonchev–Trinajstić information content (AvgIpc) is 3.54. The van der Waals surface area contributed by atoms with Crippen molar-refractivity contribution >= 4 is 40.1 Å². The Labute approximate surface area is 254 Å². The van der Waals surface area contributed by atoms with Gasteiger partial charge in [0, 0.05) is 36.3 Å². The fraction of sp³-hybridized carbons (Fsp3) is 0.194. The number of fused-ring (bicyclic) bond motifs is 1. The number of rotatable bonds is 9. The van der Waals surface area contributed by atoms with Crippen molar-refractivity contribution in [3.63, 3.8) is 0 Å². The summed E-state index contributed by atoms with van der Waals surface area (Å²) in [5, 5.41) is 21.0. The van der Waals surface area contributed by atoms with Gasteiger partial charge in [-0.05, 0) is 55.8 Å². The second-order valence-electron chi connectivity index (χ2n) is 10.00. The van der Waals surface area contributed by atoms with E-state index in [-0.39, 0.29) is 34.4 Å². The van der Waals surface area contributed by atoms with Gasteiger partial charge >= 0.3 is 6.18 Å². The molecule has 0 saturated heterocycles. The zero-order valence-corrected chi connectivity index (χ0v) is 24.3. The molecule has 0 saturated carbocycles. The predicted molar refractivity (Wildman–Crippen MR) is 159 cm³/mol. The predicted octanol–water partition coefficient (Wildman–Crippen LogP) is 6.07. The van der Waals surface area contributed by atoms with Crippen LogP contribution >= 0.6 is 11.6 Å². The summed E-state index contributed by atoms with van der Waals surface area (Å²) in [6.07, 6.45) is -4.21. The van der Waals surface area contributed by atoms with Crippen molar-refractivity contribution in [2.75, 3.05) is 18.4 Å². The van der Waals surface area contributed by atoms with E-state index in [0.29, 0.717) is 35.1 Å². The number of carbonyl (C=O) groups is 2. The minimum absolute atomic E-state index is 0.0126. The normalized spacial score (nSPS) is 11.4. The van der Waals surface area contributed by atoms with Crippen LogP contribution in [-0.2, 0) is 13.2 Å². The highest BCUT2D eigenvalue weighted by molar-refractivity contribution is 6.30. The molecule has 2 heterocycles. The maximum absolute atomic E-state index is 13.3. The number of carbonyl (C=O) groups excluding carboxylic acids is 2. The van der Waals surface area contributed by atoms with E-state index in [9.17, 15) is 28.0 Å². The van der Waals surface area contributed by atoms with Gasteiger partial charge in [0.15, 0.2) is 5.69 Å². The van der Waals surface area contributed by atoms with Gasteiger partial charge in [-0.25, -0.2) is 9.67 Å². The number of hydrogen-bond donors (Lipinski definition) is 2. The molecule has 0 aliphatic heterocycles. The van der Waals surface area contributed by atoms with E-state index in [1.807, 2.05) is 6.92 Å². The van der Waals surface area contributed by atoms with Crippen molar-refractivity contribution in [3.05, 3.63) is 106 Å². The maximum atomic E-state index is 13.3. The minimum Gasteiger partial charge on any atom is -0.369 e. The van der Waals surface area contributed by atoms with Crippen molar-refractivity contribution in [2.24, 2.45) is 7.05 Å². The molecule has 1 amide bonds. The second kappa shape index (κ2) is 12.2. The number of benzene rings is 3. The molecular formula is C31H25ClF3N7O2. The molecule has 44 heavy (non-hydrogen) atoms. The number of amides is 1. The van der Waals surface area contributed by atoms with E-state index in [2.05, 4.69) is 26.8 Å². The van der Waals surface area contributed by atoms with Gasteiger partial charge in [0.25, 0.3) is 5.91 Å². The van der Waals surface area contributed by atoms with Gasteiger partial charge < -0.3 is 15.2 Å². The Hall–Kier alpha value is -5.15. The minimum atomic E-state index is -4.62. The van der Waals surface area contributed by atoms with Crippen LogP contribution in [-0.4, -0.2) is 44.1 Å². The summed E-state index contributed by atoms with van der Waals surface area (Å²) in [6.45, 7) is 2.42. The van der Waals surface area contributed by atoms with E-state index >= 15 is 0 Å². The first-order valence-electron chi connectivity index (χ1n) is 13.4. The Balaban J connectivity index is 1.30. The van der Waals surface area contributed by atoms with Crippen LogP contribution in [0.2, 0.25) is 5.02 Å². The fourth-order valence-electron chi connectivity index (χ4n) is 4.64. The number of ketones is 1. The molecule has 2 aromatic heterocycles. The van der Waals surface area contributed by atoms with Crippen LogP contribution in [0.1, 0.15) is 49.8 Å². The summed E-state index contributed by atoms with van der Waals surface area (Å²) in [6, 6.07) is 20.0. The number of nitriles is 1. The number of imidazole rings is 1. The van der Waals surface area contributed by atoms with Gasteiger partial charge in [-0.3, -0.25) is 9.59 Å². The van der Waals surface area contributed by atoms with Crippen molar-refractivity contribution in [1.29, 1.82) is 5.26 Å². The van der Waals surface area contributed by atoms with E-state index < -0.39 is 23.7 Å². The average molecular weight is 620 g/mol. The van der Waals surface area contributed by atoms with Crippen LogP contribution in [0.25, 0.3) is 16.7 Å². The van der Waals surface area contributed by atoms with Gasteiger partial charge in [-0.1, -0.05) is 41.4 Å². The first-order valence-corrected chi connectivity index (χ1v) is 13.8. The molecule has 0 aliphatic carbocycles. The molecule has 0 fully saturated rings. The molecule has 0 bridgehead atoms. The Morgan fingerprint density at radius 1 is 1.00 bits per heavy atom. The standard InChI is InChI=1S/C31H25ClF3N7O2/c1-18-4-6-19(7-5-18)27(43)26-23(17-36)28(42(40-26)22-11-9-21(32)10-12-22)37-14-3-15-38-29(44)20-8-13-24-25(16-20)41(2)30(39-24)31(33,34)35/h4-13,16,37H,3,14-15H2,1-2H3,(H,38,44). The van der Waals surface area contributed by atoms with Gasteiger partial charge in [-0.2, -0.15) is 23.5 Å². The molecular weight excluding hydrogens is 595 g/mol. The topological polar surface area (TPSA) is 118 Å². The third-order valence-electron chi connectivity index (χ3n) is 6.93. The second-order valence-corrected chi connectivity index (χ2v) is 10.4. The lowest BCUT2D eigenvalue weighted by atomic mass is 10.0. The summed E-state index contributed by atoms with van der Waals surface area (Å²) < 4.78 is 42.0. The Morgan fingerprint density at radius 3 is 2.34 bits per heavy atom. The Kier molecular flexibility index (Phi) is 8.42. The first kappa shape index (κ1) is 30.3. The molecule has 3 aromatic carbocycles. The highest BCUT2D eigenvalue weighted by atomic mass is 35.5. The van der Waals surface area contributed by atoms with Crippen molar-refractivity contribution in [1.82, 2.24) is 24.6 Å². The van der Waals surface area contributed by atoms with Crippen molar-refractivity contribution in [2.45, 2.75) is 19.5 Å². The number of hydrogen-bond acceptors (Lipinski definition) is 6. The lowest BCUT2D eigenvalue weighted by Crippen LogP contribution is -2.26. The van der Waals surface area contributed by atoms with Gasteiger partial charge in [0.05, 0.1) is 16.7 Å². The molecule has 0 unspecified atom stereocenters. The van der Waals surface area contributed by atoms with Crippen LogP contribution in [0.15, 0.2) is 66.7 Å². The molecule has 2 N–H and O–H groups in total. The van der Waals surface area contributed by atoms with Crippen LogP contribution in [0.3, 0.4) is 0 Å². The zero-order chi connectivity index (χ0) is 31.6. The molecule has 5 rings (SSSR count). The molecule has 0 atom stereocenters. The number of nitrogens with zero attached hydrogens (tertiary/aromatic N) is 5. The summed E-state index contributed by atoms with van der Waals surface area (Å²) in [5.74, 6) is -1.61. The lowest BCUT2D eigenvalue weighted by Gasteiger charge is -2.11. The number of halogens is 4.